The number of aromatic hydroxyl groups is 1. The van der Waals surface area contributed by atoms with Gasteiger partial charge < -0.3 is 19.7 Å². The van der Waals surface area contributed by atoms with E-state index in [0.29, 0.717) is 27.8 Å². The standard InChI is InChI=1S/C22H17BBrN3O4/c23-17-10-14(11-18(24)19(17)28)20-26-22(31-27-20)21(29)25-12-13-6-8-16(9-7-13)30-15-4-2-1-3-5-15/h1-11,28H,12,23H2,(H,25,29). The highest BCUT2D eigenvalue weighted by atomic mass is 79.9. The van der Waals surface area contributed by atoms with E-state index < -0.39 is 5.91 Å². The number of ether oxygens (including phenoxy) is 1. The Morgan fingerprint density at radius 3 is 2.52 bits per heavy atom. The van der Waals surface area contributed by atoms with Crippen LogP contribution in [0.5, 0.6) is 17.2 Å². The summed E-state index contributed by atoms with van der Waals surface area (Å²) in [7, 11) is 1.76. The van der Waals surface area contributed by atoms with Crippen LogP contribution < -0.4 is 15.5 Å². The zero-order chi connectivity index (χ0) is 21.8. The third-order valence-electron chi connectivity index (χ3n) is 4.49. The van der Waals surface area contributed by atoms with Crippen molar-refractivity contribution in [3.05, 3.63) is 82.7 Å². The van der Waals surface area contributed by atoms with Crippen LogP contribution in [0.2, 0.25) is 0 Å². The molecule has 0 saturated carbocycles. The number of rotatable bonds is 6. The second-order valence-electron chi connectivity index (χ2n) is 6.79. The average Bonchev–Trinajstić information content (AvgIpc) is 3.28. The molecular formula is C22H17BBrN3O4. The lowest BCUT2D eigenvalue weighted by molar-refractivity contribution is 0.0907. The van der Waals surface area contributed by atoms with Crippen LogP contribution >= 0.6 is 15.9 Å². The van der Waals surface area contributed by atoms with Gasteiger partial charge in [0.05, 0.1) is 4.47 Å². The van der Waals surface area contributed by atoms with Crippen molar-refractivity contribution >= 4 is 35.1 Å². The first-order chi connectivity index (χ1) is 15.0. The molecule has 0 bridgehead atoms. The van der Waals surface area contributed by atoms with Gasteiger partial charge >= 0.3 is 11.8 Å². The molecule has 0 aliphatic heterocycles. The largest absolute Gasteiger partial charge is 0.507 e. The van der Waals surface area contributed by atoms with Crippen LogP contribution in [0, 0.1) is 0 Å². The first-order valence-corrected chi connectivity index (χ1v) is 10.2. The molecule has 2 N–H and O–H groups in total. The summed E-state index contributed by atoms with van der Waals surface area (Å²) >= 11 is 3.28. The monoisotopic (exact) mass is 477 g/mol. The van der Waals surface area contributed by atoms with Crippen molar-refractivity contribution in [1.29, 1.82) is 0 Å². The van der Waals surface area contributed by atoms with Gasteiger partial charge in [-0.15, -0.1) is 0 Å². The minimum Gasteiger partial charge on any atom is -0.507 e. The number of carbonyl (C=O) groups is 1. The summed E-state index contributed by atoms with van der Waals surface area (Å²) in [4.78, 5) is 16.5. The third kappa shape index (κ3) is 4.95. The van der Waals surface area contributed by atoms with Gasteiger partial charge in [0.15, 0.2) is 0 Å². The van der Waals surface area contributed by atoms with Gasteiger partial charge in [0.1, 0.15) is 25.1 Å². The van der Waals surface area contributed by atoms with Gasteiger partial charge in [-0.05, 0) is 57.3 Å². The van der Waals surface area contributed by atoms with E-state index in [1.165, 1.54) is 0 Å². The molecule has 0 spiro atoms. The maximum absolute atomic E-state index is 12.4. The summed E-state index contributed by atoms with van der Waals surface area (Å²) in [5, 5.41) is 16.5. The number of benzene rings is 3. The van der Waals surface area contributed by atoms with Crippen LogP contribution in [-0.4, -0.2) is 29.0 Å². The lowest BCUT2D eigenvalue weighted by Crippen LogP contribution is -2.23. The van der Waals surface area contributed by atoms with Crippen LogP contribution in [0.4, 0.5) is 0 Å². The Kier molecular flexibility index (Phi) is 6.04. The Morgan fingerprint density at radius 2 is 1.81 bits per heavy atom. The van der Waals surface area contributed by atoms with E-state index in [4.69, 9.17) is 9.26 Å². The number of phenolic OH excluding ortho intramolecular Hbond substituents is 1. The molecule has 4 rings (SSSR count). The second-order valence-corrected chi connectivity index (χ2v) is 7.64. The zero-order valence-electron chi connectivity index (χ0n) is 16.5. The van der Waals surface area contributed by atoms with Crippen molar-refractivity contribution < 1.29 is 19.2 Å². The van der Waals surface area contributed by atoms with Gasteiger partial charge in [-0.2, -0.15) is 4.98 Å². The van der Waals surface area contributed by atoms with Gasteiger partial charge in [0.2, 0.25) is 5.82 Å². The minimum atomic E-state index is -0.474. The Balaban J connectivity index is 1.37. The van der Waals surface area contributed by atoms with Crippen LogP contribution in [0.3, 0.4) is 0 Å². The number of nitrogens with zero attached hydrogens (tertiary/aromatic N) is 2. The van der Waals surface area contributed by atoms with Gasteiger partial charge in [0, 0.05) is 12.1 Å². The molecule has 1 amide bonds. The molecule has 0 aliphatic rings. The Labute approximate surface area is 187 Å². The number of halogens is 1. The molecule has 7 nitrogen and oxygen atoms in total. The Bertz CT molecular complexity index is 1190. The maximum Gasteiger partial charge on any atom is 0.316 e. The first kappa shape index (κ1) is 20.7. The van der Waals surface area contributed by atoms with Gasteiger partial charge in [-0.3, -0.25) is 4.79 Å². The highest BCUT2D eigenvalue weighted by molar-refractivity contribution is 9.10. The van der Waals surface area contributed by atoms with Crippen molar-refractivity contribution in [3.8, 4) is 28.6 Å². The number of aromatic nitrogens is 2. The summed E-state index contributed by atoms with van der Waals surface area (Å²) in [5.74, 6) is 1.25. The van der Waals surface area contributed by atoms with Crippen molar-refractivity contribution in [2.75, 3.05) is 0 Å². The third-order valence-corrected chi connectivity index (χ3v) is 5.09. The molecule has 0 saturated heterocycles. The fourth-order valence-corrected chi connectivity index (χ4v) is 3.42. The topological polar surface area (TPSA) is 97.5 Å². The van der Waals surface area contributed by atoms with Gasteiger partial charge in [-0.25, -0.2) is 0 Å². The molecule has 3 aromatic carbocycles. The number of amides is 1. The van der Waals surface area contributed by atoms with Crippen molar-refractivity contribution in [2.45, 2.75) is 6.54 Å². The predicted molar refractivity (Wildman–Crippen MR) is 121 cm³/mol. The summed E-state index contributed by atoms with van der Waals surface area (Å²) in [6.07, 6.45) is 0. The fraction of sp³-hybridized carbons (Fsp3) is 0.0455. The molecule has 0 fully saturated rings. The number of para-hydroxylation sites is 1. The number of nitrogens with one attached hydrogen (secondary N) is 1. The Hall–Kier alpha value is -3.59. The van der Waals surface area contributed by atoms with E-state index in [0.717, 1.165) is 11.3 Å². The smallest absolute Gasteiger partial charge is 0.316 e. The van der Waals surface area contributed by atoms with Crippen molar-refractivity contribution in [3.63, 3.8) is 0 Å². The second kappa shape index (κ2) is 9.05. The van der Waals surface area contributed by atoms with E-state index in [1.54, 1.807) is 20.0 Å². The van der Waals surface area contributed by atoms with Crippen LogP contribution in [-0.2, 0) is 6.54 Å². The Morgan fingerprint density at radius 1 is 1.10 bits per heavy atom. The molecule has 0 aliphatic carbocycles. The van der Waals surface area contributed by atoms with E-state index in [2.05, 4.69) is 31.4 Å². The number of hydrogen-bond acceptors (Lipinski definition) is 6. The van der Waals surface area contributed by atoms with E-state index >= 15 is 0 Å². The van der Waals surface area contributed by atoms with Crippen molar-refractivity contribution in [2.24, 2.45) is 0 Å². The summed E-state index contributed by atoms with van der Waals surface area (Å²) in [5.41, 5.74) is 2.17. The van der Waals surface area contributed by atoms with Crippen molar-refractivity contribution in [1.82, 2.24) is 15.5 Å². The molecule has 9 heteroatoms. The first-order valence-electron chi connectivity index (χ1n) is 9.43. The van der Waals surface area contributed by atoms with E-state index in [-0.39, 0.29) is 17.5 Å². The highest BCUT2D eigenvalue weighted by Gasteiger charge is 2.17. The summed E-state index contributed by atoms with van der Waals surface area (Å²) < 4.78 is 11.4. The van der Waals surface area contributed by atoms with Crippen LogP contribution in [0.15, 0.2) is 75.7 Å². The molecule has 1 heterocycles. The van der Waals surface area contributed by atoms with E-state index in [9.17, 15) is 9.90 Å². The number of carbonyl (C=O) groups excluding carboxylic acids is 1. The lowest BCUT2D eigenvalue weighted by Gasteiger charge is -2.07. The molecule has 0 unspecified atom stereocenters. The molecule has 4 aromatic rings. The molecule has 154 valence electrons. The summed E-state index contributed by atoms with van der Waals surface area (Å²) in [6.45, 7) is 0.298. The highest BCUT2D eigenvalue weighted by Crippen LogP contribution is 2.26. The number of phenols is 1. The predicted octanol–water partition coefficient (Wildman–Crippen LogP) is 3.19. The maximum atomic E-state index is 12.4. The lowest BCUT2D eigenvalue weighted by atomic mass is 9.93. The van der Waals surface area contributed by atoms with Gasteiger partial charge in [0.25, 0.3) is 0 Å². The van der Waals surface area contributed by atoms with Crippen LogP contribution in [0.25, 0.3) is 11.4 Å². The normalized spacial score (nSPS) is 10.6. The number of hydrogen-bond donors (Lipinski definition) is 2. The minimum absolute atomic E-state index is 0.138. The molecule has 0 radical (unpaired) electrons. The molecule has 1 aromatic heterocycles. The fourth-order valence-electron chi connectivity index (χ4n) is 2.86. The van der Waals surface area contributed by atoms with E-state index in [1.807, 2.05) is 54.6 Å². The van der Waals surface area contributed by atoms with Gasteiger partial charge in [-0.1, -0.05) is 41.6 Å². The van der Waals surface area contributed by atoms with Crippen LogP contribution in [0.1, 0.15) is 16.2 Å². The summed E-state index contributed by atoms with van der Waals surface area (Å²) in [6, 6.07) is 20.3. The quantitative estimate of drug-likeness (QED) is 0.414. The molecular weight excluding hydrogens is 461 g/mol. The zero-order valence-corrected chi connectivity index (χ0v) is 18.1. The average molecular weight is 478 g/mol. The molecule has 31 heavy (non-hydrogen) atoms. The molecule has 0 atom stereocenters. The SMILES string of the molecule is Bc1cc(-c2noc(C(=O)NCc3ccc(Oc4ccccc4)cc3)n2)cc(Br)c1O.